The molecule has 23 heavy (non-hydrogen) atoms. The molecule has 2 atom stereocenters. The van der Waals surface area contributed by atoms with Crippen LogP contribution in [0.4, 0.5) is 4.79 Å². The summed E-state index contributed by atoms with van der Waals surface area (Å²) < 4.78 is 11.5. The van der Waals surface area contributed by atoms with E-state index >= 15 is 0 Å². The van der Waals surface area contributed by atoms with Crippen LogP contribution in [0.1, 0.15) is 64.4 Å². The Labute approximate surface area is 143 Å². The van der Waals surface area contributed by atoms with Crippen molar-refractivity contribution in [3.63, 3.8) is 0 Å². The van der Waals surface area contributed by atoms with Crippen LogP contribution >= 0.6 is 11.3 Å². The molecule has 0 spiro atoms. The fourth-order valence-corrected chi connectivity index (χ4v) is 3.58. The van der Waals surface area contributed by atoms with Gasteiger partial charge in [-0.25, -0.2) is 4.79 Å². The summed E-state index contributed by atoms with van der Waals surface area (Å²) >= 11 is 1.72. The molecule has 2 heterocycles. The van der Waals surface area contributed by atoms with Crippen molar-refractivity contribution in [2.75, 3.05) is 13.2 Å². The minimum atomic E-state index is -0.441. The Hall–Kier alpha value is -1.07. The van der Waals surface area contributed by atoms with Gasteiger partial charge in [-0.05, 0) is 64.8 Å². The lowest BCUT2D eigenvalue weighted by molar-refractivity contribution is 0.0000427. The van der Waals surface area contributed by atoms with Crippen LogP contribution in [0.3, 0.4) is 0 Å². The molecular formula is C18H29NO3S. The molecule has 0 radical (unpaired) electrons. The van der Waals surface area contributed by atoms with E-state index in [1.807, 2.05) is 31.7 Å². The van der Waals surface area contributed by atoms with Crippen molar-refractivity contribution in [3.05, 3.63) is 22.4 Å². The van der Waals surface area contributed by atoms with Gasteiger partial charge in [0.15, 0.2) is 0 Å². The number of ether oxygens (including phenoxy) is 2. The molecular weight excluding hydrogens is 310 g/mol. The van der Waals surface area contributed by atoms with Crippen LogP contribution < -0.4 is 0 Å². The van der Waals surface area contributed by atoms with Crippen molar-refractivity contribution in [2.24, 2.45) is 0 Å². The fraction of sp³-hybridized carbons (Fsp3) is 0.722. The number of nitrogens with zero attached hydrogens (tertiary/aromatic N) is 1. The molecule has 1 aliphatic heterocycles. The number of piperidine rings is 1. The van der Waals surface area contributed by atoms with E-state index in [9.17, 15) is 4.79 Å². The third kappa shape index (κ3) is 5.81. The third-order valence-corrected chi connectivity index (χ3v) is 5.05. The first-order valence-corrected chi connectivity index (χ1v) is 9.39. The number of rotatable bonds is 5. The van der Waals surface area contributed by atoms with Crippen LogP contribution in [0, 0.1) is 0 Å². The van der Waals surface area contributed by atoms with E-state index in [1.54, 1.807) is 11.3 Å². The molecule has 1 fully saturated rings. The molecule has 0 aliphatic carbocycles. The number of hydrogen-bond acceptors (Lipinski definition) is 4. The van der Waals surface area contributed by atoms with E-state index in [4.69, 9.17) is 9.47 Å². The average Bonchev–Trinajstić information content (AvgIpc) is 3.00. The Morgan fingerprint density at radius 2 is 2.22 bits per heavy atom. The maximum absolute atomic E-state index is 12.4. The monoisotopic (exact) mass is 339 g/mol. The molecule has 0 aromatic carbocycles. The van der Waals surface area contributed by atoms with Crippen LogP contribution in [-0.4, -0.2) is 35.8 Å². The number of likely N-dealkylation sites (tertiary alicyclic amines) is 1. The van der Waals surface area contributed by atoms with Gasteiger partial charge < -0.3 is 14.4 Å². The van der Waals surface area contributed by atoms with Gasteiger partial charge in [-0.15, -0.1) is 11.3 Å². The molecule has 0 N–H and O–H groups in total. The highest BCUT2D eigenvalue weighted by molar-refractivity contribution is 7.10. The summed E-state index contributed by atoms with van der Waals surface area (Å²) in [6.07, 6.45) is 4.07. The Morgan fingerprint density at radius 3 is 2.87 bits per heavy atom. The smallest absolute Gasteiger partial charge is 0.410 e. The van der Waals surface area contributed by atoms with Gasteiger partial charge in [0.2, 0.25) is 0 Å². The summed E-state index contributed by atoms with van der Waals surface area (Å²) in [6.45, 7) is 9.28. The Bertz CT molecular complexity index is 481. The molecule has 0 unspecified atom stereocenters. The highest BCUT2D eigenvalue weighted by atomic mass is 32.1. The van der Waals surface area contributed by atoms with E-state index in [1.165, 1.54) is 11.3 Å². The number of hydrogen-bond donors (Lipinski definition) is 0. The zero-order valence-electron chi connectivity index (χ0n) is 14.7. The van der Waals surface area contributed by atoms with Gasteiger partial charge in [-0.3, -0.25) is 0 Å². The van der Waals surface area contributed by atoms with E-state index in [2.05, 4.69) is 18.4 Å². The molecule has 4 nitrogen and oxygen atoms in total. The second-order valence-corrected chi connectivity index (χ2v) is 8.12. The fourth-order valence-electron chi connectivity index (χ4n) is 2.85. The van der Waals surface area contributed by atoms with E-state index in [0.29, 0.717) is 6.61 Å². The van der Waals surface area contributed by atoms with Crippen molar-refractivity contribution in [2.45, 2.75) is 71.1 Å². The summed E-state index contributed by atoms with van der Waals surface area (Å²) in [6, 6.07) is 4.38. The highest BCUT2D eigenvalue weighted by Crippen LogP contribution is 2.25. The molecule has 1 aliphatic rings. The molecule has 1 saturated heterocycles. The minimum Gasteiger partial charge on any atom is -0.444 e. The Kier molecular flexibility index (Phi) is 6.48. The van der Waals surface area contributed by atoms with Gasteiger partial charge in [0.05, 0.1) is 6.10 Å². The van der Waals surface area contributed by atoms with Crippen LogP contribution in [0.15, 0.2) is 17.5 Å². The van der Waals surface area contributed by atoms with Crippen molar-refractivity contribution in [3.8, 4) is 0 Å². The van der Waals surface area contributed by atoms with Gasteiger partial charge in [-0.2, -0.15) is 0 Å². The van der Waals surface area contributed by atoms with E-state index in [0.717, 1.165) is 25.8 Å². The highest BCUT2D eigenvalue weighted by Gasteiger charge is 2.30. The molecule has 1 aromatic rings. The predicted molar refractivity (Wildman–Crippen MR) is 93.9 cm³/mol. The topological polar surface area (TPSA) is 38.8 Å². The summed E-state index contributed by atoms with van der Waals surface area (Å²) in [4.78, 5) is 15.5. The van der Waals surface area contributed by atoms with Crippen molar-refractivity contribution in [1.29, 1.82) is 0 Å². The molecule has 5 heteroatoms. The summed E-state index contributed by atoms with van der Waals surface area (Å²) in [5.41, 5.74) is -0.441. The largest absolute Gasteiger partial charge is 0.444 e. The molecule has 2 rings (SSSR count). The third-order valence-electron chi connectivity index (χ3n) is 4.02. The van der Waals surface area contributed by atoms with Crippen molar-refractivity contribution >= 4 is 17.4 Å². The van der Waals surface area contributed by atoms with Gasteiger partial charge in [0.25, 0.3) is 0 Å². The summed E-state index contributed by atoms with van der Waals surface area (Å²) in [5, 5.41) is 2.07. The first-order chi connectivity index (χ1) is 10.9. The number of thiophene rings is 1. The zero-order valence-corrected chi connectivity index (χ0v) is 15.5. The Morgan fingerprint density at radius 1 is 1.43 bits per heavy atom. The van der Waals surface area contributed by atoms with Crippen LogP contribution in [0.5, 0.6) is 0 Å². The number of carbonyl (C=O) groups excluding carboxylic acids is 1. The SMILES string of the molecule is C[C@@H](OCC[C@@H]1CCCCN1C(=O)OC(C)(C)C)c1cccs1. The predicted octanol–water partition coefficient (Wildman–Crippen LogP) is 5.01. The standard InChI is InChI=1S/C18H29NO3S/c1-14(16-9-7-13-23-16)21-12-10-15-8-5-6-11-19(15)17(20)22-18(2,3)4/h7,9,13-15H,5-6,8,10-12H2,1-4H3/t14-,15+/m1/s1. The Balaban J connectivity index is 1.82. The number of carbonyl (C=O) groups is 1. The lowest BCUT2D eigenvalue weighted by atomic mass is 10.0. The summed E-state index contributed by atoms with van der Waals surface area (Å²) in [7, 11) is 0. The van der Waals surface area contributed by atoms with Gasteiger partial charge >= 0.3 is 6.09 Å². The first-order valence-electron chi connectivity index (χ1n) is 8.51. The van der Waals surface area contributed by atoms with Gasteiger partial charge in [0, 0.05) is 24.1 Å². The molecule has 0 bridgehead atoms. The average molecular weight is 340 g/mol. The molecule has 130 valence electrons. The van der Waals surface area contributed by atoms with Crippen molar-refractivity contribution in [1.82, 2.24) is 4.90 Å². The lowest BCUT2D eigenvalue weighted by Crippen LogP contribution is -2.46. The molecule has 1 amide bonds. The molecule has 0 saturated carbocycles. The summed E-state index contributed by atoms with van der Waals surface area (Å²) in [5.74, 6) is 0. The van der Waals surface area contributed by atoms with E-state index in [-0.39, 0.29) is 18.2 Å². The van der Waals surface area contributed by atoms with Crippen LogP contribution in [0.2, 0.25) is 0 Å². The molecule has 1 aromatic heterocycles. The van der Waals surface area contributed by atoms with Crippen LogP contribution in [0.25, 0.3) is 0 Å². The lowest BCUT2D eigenvalue weighted by Gasteiger charge is -2.37. The normalized spacial score (nSPS) is 20.3. The van der Waals surface area contributed by atoms with Crippen LogP contribution in [-0.2, 0) is 9.47 Å². The second-order valence-electron chi connectivity index (χ2n) is 7.14. The van der Waals surface area contributed by atoms with Gasteiger partial charge in [-0.1, -0.05) is 6.07 Å². The zero-order chi connectivity index (χ0) is 16.9. The quantitative estimate of drug-likeness (QED) is 0.757. The number of amides is 1. The van der Waals surface area contributed by atoms with E-state index < -0.39 is 5.60 Å². The second kappa shape index (κ2) is 8.15. The maximum Gasteiger partial charge on any atom is 0.410 e. The maximum atomic E-state index is 12.4. The minimum absolute atomic E-state index is 0.119. The first kappa shape index (κ1) is 18.3. The van der Waals surface area contributed by atoms with Gasteiger partial charge in [0.1, 0.15) is 5.60 Å². The van der Waals surface area contributed by atoms with Crippen molar-refractivity contribution < 1.29 is 14.3 Å².